The van der Waals surface area contributed by atoms with Gasteiger partial charge in [0.25, 0.3) is 5.91 Å². The molecule has 0 aliphatic heterocycles. The number of ether oxygens (including phenoxy) is 1. The predicted molar refractivity (Wildman–Crippen MR) is 179 cm³/mol. The highest BCUT2D eigenvalue weighted by atomic mass is 35.5. The molecule has 0 radical (unpaired) electrons. The Balaban J connectivity index is 1.82. The summed E-state index contributed by atoms with van der Waals surface area (Å²) in [5, 5.41) is 8.11. The van der Waals surface area contributed by atoms with E-state index in [1.165, 1.54) is 10.6 Å². The first-order chi connectivity index (χ1) is 21.2. The first kappa shape index (κ1) is 34.3. The van der Waals surface area contributed by atoms with Crippen LogP contribution in [0.2, 0.25) is 15.1 Å². The number of benzene rings is 2. The van der Waals surface area contributed by atoms with Crippen LogP contribution in [0.25, 0.3) is 5.52 Å². The second kappa shape index (κ2) is 14.3. The number of carbonyl (C=O) groups is 2. The fraction of sp³-hybridized carbons (Fsp3) is 0.394. The number of hydrogen-bond acceptors (Lipinski definition) is 5. The number of alkyl carbamates (subject to hydrolysis) is 1. The zero-order chi connectivity index (χ0) is 33.1. The van der Waals surface area contributed by atoms with Gasteiger partial charge in [-0.15, -0.1) is 0 Å². The standard InChI is InChI=1S/C33H38Cl3N5O4/c1-20(2)29(27-18-26-28(36)21(3)38-41(26)32(44)40(27)19-22-11-8-7-9-12-22)39(16-10-15-37-31(43)45-33(4,5)6)30(42)23-13-14-24(34)25(35)17-23/h7-9,11-14,17-18,20,29H,10,15-16,19H2,1-6H3,(H,37,43)/t29-/m1/s1. The number of aryl methyl sites for hydroxylation is 1. The third-order valence-electron chi connectivity index (χ3n) is 7.15. The summed E-state index contributed by atoms with van der Waals surface area (Å²) in [6.07, 6.45) is -0.133. The third-order valence-corrected chi connectivity index (χ3v) is 8.36. The Morgan fingerprint density at radius 2 is 1.71 bits per heavy atom. The number of nitrogens with zero attached hydrogens (tertiary/aromatic N) is 4. The van der Waals surface area contributed by atoms with Gasteiger partial charge in [-0.25, -0.2) is 9.59 Å². The van der Waals surface area contributed by atoms with E-state index in [-0.39, 0.29) is 42.2 Å². The van der Waals surface area contributed by atoms with Gasteiger partial charge in [-0.1, -0.05) is 79.0 Å². The van der Waals surface area contributed by atoms with Crippen LogP contribution >= 0.6 is 34.8 Å². The van der Waals surface area contributed by atoms with E-state index in [0.717, 1.165) is 5.56 Å². The lowest BCUT2D eigenvalue weighted by Gasteiger charge is -2.36. The number of halogens is 3. The van der Waals surface area contributed by atoms with E-state index in [1.54, 1.807) is 49.3 Å². The molecule has 0 fully saturated rings. The average Bonchev–Trinajstić information content (AvgIpc) is 3.25. The average molecular weight is 675 g/mol. The minimum Gasteiger partial charge on any atom is -0.444 e. The van der Waals surface area contributed by atoms with Crippen molar-refractivity contribution in [3.63, 3.8) is 0 Å². The van der Waals surface area contributed by atoms with Crippen LogP contribution in [-0.2, 0) is 11.3 Å². The molecule has 9 nitrogen and oxygen atoms in total. The predicted octanol–water partition coefficient (Wildman–Crippen LogP) is 7.57. The smallest absolute Gasteiger partial charge is 0.407 e. The summed E-state index contributed by atoms with van der Waals surface area (Å²) >= 11 is 19.1. The van der Waals surface area contributed by atoms with Gasteiger partial charge >= 0.3 is 11.8 Å². The molecular formula is C33H38Cl3N5O4. The minimum atomic E-state index is -0.642. The summed E-state index contributed by atoms with van der Waals surface area (Å²) in [5.41, 5.74) is 1.81. The summed E-state index contributed by atoms with van der Waals surface area (Å²) in [6.45, 7) is 11.8. The number of nitrogens with one attached hydrogen (secondary N) is 1. The summed E-state index contributed by atoms with van der Waals surface area (Å²) < 4.78 is 8.31. The van der Waals surface area contributed by atoms with Crippen molar-refractivity contribution in [2.45, 2.75) is 66.2 Å². The molecule has 2 aromatic heterocycles. The van der Waals surface area contributed by atoms with Gasteiger partial charge < -0.3 is 15.0 Å². The van der Waals surface area contributed by atoms with Crippen molar-refractivity contribution in [3.05, 3.63) is 103 Å². The maximum absolute atomic E-state index is 14.3. The monoisotopic (exact) mass is 673 g/mol. The van der Waals surface area contributed by atoms with Crippen LogP contribution in [0.4, 0.5) is 4.79 Å². The van der Waals surface area contributed by atoms with Crippen LogP contribution in [0.3, 0.4) is 0 Å². The van der Waals surface area contributed by atoms with E-state index in [2.05, 4.69) is 10.4 Å². The Kier molecular flexibility index (Phi) is 10.9. The van der Waals surface area contributed by atoms with Gasteiger partial charge in [0.05, 0.1) is 38.9 Å². The molecule has 12 heteroatoms. The molecule has 4 aromatic rings. The van der Waals surface area contributed by atoms with Crippen molar-refractivity contribution in [2.24, 2.45) is 5.92 Å². The molecule has 0 spiro atoms. The van der Waals surface area contributed by atoms with Crippen molar-refractivity contribution in [3.8, 4) is 0 Å². The van der Waals surface area contributed by atoms with Crippen molar-refractivity contribution in [1.82, 2.24) is 24.4 Å². The Bertz CT molecular complexity index is 1750. The maximum atomic E-state index is 14.3. The highest BCUT2D eigenvalue weighted by Crippen LogP contribution is 2.33. The van der Waals surface area contributed by atoms with E-state index < -0.39 is 17.7 Å². The van der Waals surface area contributed by atoms with Gasteiger partial charge in [-0.3, -0.25) is 9.36 Å². The van der Waals surface area contributed by atoms with Gasteiger partial charge in [0.1, 0.15) is 5.60 Å². The molecule has 0 aliphatic carbocycles. The number of aromatic nitrogens is 3. The molecule has 1 N–H and O–H groups in total. The molecule has 2 amide bonds. The second-order valence-corrected chi connectivity index (χ2v) is 13.4. The molecule has 0 aliphatic rings. The molecule has 0 saturated heterocycles. The first-order valence-electron chi connectivity index (χ1n) is 14.7. The molecule has 2 heterocycles. The number of rotatable bonds is 10. The lowest BCUT2D eigenvalue weighted by atomic mass is 9.96. The zero-order valence-corrected chi connectivity index (χ0v) is 28.5. The molecule has 240 valence electrons. The van der Waals surface area contributed by atoms with E-state index in [0.29, 0.717) is 38.9 Å². The van der Waals surface area contributed by atoms with Crippen molar-refractivity contribution < 1.29 is 14.3 Å². The van der Waals surface area contributed by atoms with E-state index in [1.807, 2.05) is 50.2 Å². The molecule has 0 unspecified atom stereocenters. The van der Waals surface area contributed by atoms with Crippen LogP contribution in [0.15, 0.2) is 59.4 Å². The maximum Gasteiger partial charge on any atom is 0.407 e. The summed E-state index contributed by atoms with van der Waals surface area (Å²) in [7, 11) is 0. The molecule has 1 atom stereocenters. The van der Waals surface area contributed by atoms with Gasteiger partial charge in [-0.05, 0) is 69.9 Å². The van der Waals surface area contributed by atoms with Crippen LogP contribution in [-0.4, -0.2) is 49.8 Å². The molecule has 0 saturated carbocycles. The second-order valence-electron chi connectivity index (χ2n) is 12.2. The minimum absolute atomic E-state index is 0.151. The zero-order valence-electron chi connectivity index (χ0n) is 26.2. The Morgan fingerprint density at radius 3 is 2.33 bits per heavy atom. The van der Waals surface area contributed by atoms with Crippen molar-refractivity contribution >= 4 is 52.3 Å². The fourth-order valence-corrected chi connectivity index (χ4v) is 5.66. The molecule has 45 heavy (non-hydrogen) atoms. The molecule has 0 bridgehead atoms. The van der Waals surface area contributed by atoms with Crippen LogP contribution in [0.1, 0.15) is 74.4 Å². The fourth-order valence-electron chi connectivity index (χ4n) is 5.19. The van der Waals surface area contributed by atoms with Gasteiger partial charge in [-0.2, -0.15) is 9.61 Å². The first-order valence-corrected chi connectivity index (χ1v) is 15.9. The molecule has 4 rings (SSSR count). The Labute approximate surface area is 278 Å². The van der Waals surface area contributed by atoms with E-state index >= 15 is 0 Å². The van der Waals surface area contributed by atoms with Gasteiger partial charge in [0.2, 0.25) is 0 Å². The third kappa shape index (κ3) is 8.20. The summed E-state index contributed by atoms with van der Waals surface area (Å²) in [4.78, 5) is 42.4. The van der Waals surface area contributed by atoms with Crippen LogP contribution in [0.5, 0.6) is 0 Å². The molecule has 2 aromatic carbocycles. The van der Waals surface area contributed by atoms with Crippen molar-refractivity contribution in [2.75, 3.05) is 13.1 Å². The summed E-state index contributed by atoms with van der Waals surface area (Å²) in [5.74, 6) is -0.457. The quantitative estimate of drug-likeness (QED) is 0.175. The number of amides is 2. The number of hydrogen-bond donors (Lipinski definition) is 1. The van der Waals surface area contributed by atoms with Gasteiger partial charge in [0, 0.05) is 24.3 Å². The van der Waals surface area contributed by atoms with Crippen LogP contribution in [0, 0.1) is 12.8 Å². The highest BCUT2D eigenvalue weighted by molar-refractivity contribution is 6.42. The largest absolute Gasteiger partial charge is 0.444 e. The SMILES string of the molecule is Cc1nn2c(=O)n(Cc3ccccc3)c([C@@H](C(C)C)N(CCCNC(=O)OC(C)(C)C)C(=O)c3ccc(Cl)c(Cl)c3)cc2c1Cl. The lowest BCUT2D eigenvalue weighted by Crippen LogP contribution is -2.43. The highest BCUT2D eigenvalue weighted by Gasteiger charge is 2.32. The lowest BCUT2D eigenvalue weighted by molar-refractivity contribution is 0.0520. The Hall–Kier alpha value is -3.53. The number of carbonyl (C=O) groups excluding carboxylic acids is 2. The topological polar surface area (TPSA) is 97.9 Å². The Morgan fingerprint density at radius 1 is 1.02 bits per heavy atom. The number of fused-ring (bicyclic) bond motifs is 1. The molecular weight excluding hydrogens is 637 g/mol. The van der Waals surface area contributed by atoms with E-state index in [4.69, 9.17) is 39.5 Å². The summed E-state index contributed by atoms with van der Waals surface area (Å²) in [6, 6.07) is 15.6. The van der Waals surface area contributed by atoms with Crippen LogP contribution < -0.4 is 11.0 Å². The normalized spacial score (nSPS) is 12.4. The van der Waals surface area contributed by atoms with E-state index in [9.17, 15) is 14.4 Å². The van der Waals surface area contributed by atoms with Gasteiger partial charge in [0.15, 0.2) is 0 Å². The van der Waals surface area contributed by atoms with Crippen molar-refractivity contribution in [1.29, 1.82) is 0 Å².